The average molecular weight is 274 g/mol. The number of nitrogens with two attached hydrogens (primary N) is 1. The van der Waals surface area contributed by atoms with Crippen LogP contribution >= 0.6 is 0 Å². The lowest BCUT2D eigenvalue weighted by molar-refractivity contribution is 0.469. The Labute approximate surface area is 119 Å². The van der Waals surface area contributed by atoms with Crippen molar-refractivity contribution in [2.24, 2.45) is 5.73 Å². The van der Waals surface area contributed by atoms with E-state index in [0.29, 0.717) is 12.2 Å². The van der Waals surface area contributed by atoms with Crippen LogP contribution in [0.3, 0.4) is 0 Å². The van der Waals surface area contributed by atoms with Crippen LogP contribution in [0.4, 0.5) is 5.69 Å². The molecule has 0 amide bonds. The minimum Gasteiger partial charge on any atom is -0.506 e. The number of phenolic OH excluding ortho intramolecular Hbond substituents is 1. The van der Waals surface area contributed by atoms with Crippen molar-refractivity contribution in [1.29, 1.82) is 0 Å². The summed E-state index contributed by atoms with van der Waals surface area (Å²) in [5.41, 5.74) is 8.27. The summed E-state index contributed by atoms with van der Waals surface area (Å²) in [5, 5.41) is 17.8. The van der Waals surface area contributed by atoms with Crippen LogP contribution in [0.1, 0.15) is 31.9 Å². The quantitative estimate of drug-likeness (QED) is 0.707. The first-order valence-corrected chi connectivity index (χ1v) is 6.95. The molecule has 108 valence electrons. The fraction of sp³-hybridized carbons (Fsp3) is 0.400. The van der Waals surface area contributed by atoms with Crippen molar-refractivity contribution >= 4 is 5.69 Å². The number of benzene rings is 1. The van der Waals surface area contributed by atoms with Gasteiger partial charge in [0, 0.05) is 6.54 Å². The molecule has 0 aliphatic heterocycles. The number of phenols is 1. The van der Waals surface area contributed by atoms with Crippen LogP contribution in [0.25, 0.3) is 5.69 Å². The highest BCUT2D eigenvalue weighted by molar-refractivity contribution is 5.54. The Morgan fingerprint density at radius 1 is 1.35 bits per heavy atom. The van der Waals surface area contributed by atoms with E-state index in [9.17, 15) is 5.11 Å². The lowest BCUT2D eigenvalue weighted by atomic mass is 10.1. The maximum Gasteiger partial charge on any atom is 0.141 e. The van der Waals surface area contributed by atoms with E-state index in [4.69, 9.17) is 5.73 Å². The Bertz CT molecular complexity index is 563. The maximum absolute atomic E-state index is 10.00. The number of hydrogen-bond donors (Lipinski definition) is 3. The Morgan fingerprint density at radius 3 is 2.75 bits per heavy atom. The van der Waals surface area contributed by atoms with E-state index < -0.39 is 0 Å². The molecule has 2 rings (SSSR count). The predicted octanol–water partition coefficient (Wildman–Crippen LogP) is 2.46. The van der Waals surface area contributed by atoms with Crippen molar-refractivity contribution in [3.05, 3.63) is 36.2 Å². The van der Waals surface area contributed by atoms with Crippen LogP contribution in [-0.4, -0.2) is 28.0 Å². The number of anilines is 1. The van der Waals surface area contributed by atoms with Crippen LogP contribution in [0.15, 0.2) is 30.5 Å². The minimum atomic E-state index is 0.228. The van der Waals surface area contributed by atoms with Crippen LogP contribution in [0, 0.1) is 0 Å². The van der Waals surface area contributed by atoms with Crippen molar-refractivity contribution in [3.8, 4) is 11.4 Å². The minimum absolute atomic E-state index is 0.228. The molecule has 0 saturated carbocycles. The molecule has 0 fully saturated rings. The SMILES string of the molecule is CC(C)c1c(NCCCN)cnn1-c1ccccc1O. The van der Waals surface area contributed by atoms with Gasteiger partial charge in [0.25, 0.3) is 0 Å². The zero-order chi connectivity index (χ0) is 14.5. The molecular weight excluding hydrogens is 252 g/mol. The van der Waals surface area contributed by atoms with Gasteiger partial charge >= 0.3 is 0 Å². The highest BCUT2D eigenvalue weighted by Crippen LogP contribution is 2.30. The number of aromatic nitrogens is 2. The molecule has 0 bridgehead atoms. The van der Waals surface area contributed by atoms with Gasteiger partial charge in [-0.25, -0.2) is 4.68 Å². The lowest BCUT2D eigenvalue weighted by Gasteiger charge is -2.14. The molecule has 5 heteroatoms. The van der Waals surface area contributed by atoms with Gasteiger partial charge in [0.05, 0.1) is 17.6 Å². The molecular formula is C15H22N4O. The molecule has 4 N–H and O–H groups in total. The molecule has 1 aromatic carbocycles. The highest BCUT2D eigenvalue weighted by Gasteiger charge is 2.16. The summed E-state index contributed by atoms with van der Waals surface area (Å²) in [6, 6.07) is 7.22. The zero-order valence-corrected chi connectivity index (χ0v) is 12.0. The monoisotopic (exact) mass is 274 g/mol. The van der Waals surface area contributed by atoms with Gasteiger partial charge in [-0.1, -0.05) is 26.0 Å². The molecule has 1 aromatic heterocycles. The second-order valence-electron chi connectivity index (χ2n) is 5.07. The lowest BCUT2D eigenvalue weighted by Crippen LogP contribution is -2.11. The summed E-state index contributed by atoms with van der Waals surface area (Å²) in [4.78, 5) is 0. The van der Waals surface area contributed by atoms with E-state index in [-0.39, 0.29) is 11.7 Å². The van der Waals surface area contributed by atoms with Crippen molar-refractivity contribution in [1.82, 2.24) is 9.78 Å². The van der Waals surface area contributed by atoms with Gasteiger partial charge in [0.15, 0.2) is 0 Å². The molecule has 5 nitrogen and oxygen atoms in total. The van der Waals surface area contributed by atoms with Gasteiger partial charge in [-0.3, -0.25) is 0 Å². The third-order valence-electron chi connectivity index (χ3n) is 3.16. The van der Waals surface area contributed by atoms with E-state index in [0.717, 1.165) is 24.3 Å². The number of nitrogens with zero attached hydrogens (tertiary/aromatic N) is 2. The smallest absolute Gasteiger partial charge is 0.141 e. The largest absolute Gasteiger partial charge is 0.506 e. The number of aromatic hydroxyl groups is 1. The normalized spacial score (nSPS) is 11.0. The predicted molar refractivity (Wildman–Crippen MR) is 81.5 cm³/mol. The molecule has 20 heavy (non-hydrogen) atoms. The van der Waals surface area contributed by atoms with Crippen molar-refractivity contribution < 1.29 is 5.11 Å². The van der Waals surface area contributed by atoms with Crippen LogP contribution in [-0.2, 0) is 0 Å². The summed E-state index contributed by atoms with van der Waals surface area (Å²) >= 11 is 0. The van der Waals surface area contributed by atoms with E-state index in [1.165, 1.54) is 0 Å². The first-order valence-electron chi connectivity index (χ1n) is 6.95. The fourth-order valence-corrected chi connectivity index (χ4v) is 2.21. The van der Waals surface area contributed by atoms with Crippen molar-refractivity contribution in [3.63, 3.8) is 0 Å². The number of nitrogens with one attached hydrogen (secondary N) is 1. The Hall–Kier alpha value is -2.01. The Kier molecular flexibility index (Phi) is 4.63. The molecule has 0 radical (unpaired) electrons. The summed E-state index contributed by atoms with van der Waals surface area (Å²) in [5.74, 6) is 0.517. The van der Waals surface area contributed by atoms with Gasteiger partial charge in [0.1, 0.15) is 11.4 Å². The molecule has 1 heterocycles. The third-order valence-corrected chi connectivity index (χ3v) is 3.16. The molecule has 0 saturated heterocycles. The van der Waals surface area contributed by atoms with Crippen molar-refractivity contribution in [2.75, 3.05) is 18.4 Å². The summed E-state index contributed by atoms with van der Waals surface area (Å²) in [6.07, 6.45) is 2.72. The molecule has 2 aromatic rings. The Morgan fingerprint density at radius 2 is 2.10 bits per heavy atom. The molecule has 0 atom stereocenters. The van der Waals surface area contributed by atoms with Crippen LogP contribution < -0.4 is 11.1 Å². The van der Waals surface area contributed by atoms with E-state index in [1.807, 2.05) is 12.1 Å². The van der Waals surface area contributed by atoms with Gasteiger partial charge < -0.3 is 16.2 Å². The van der Waals surface area contributed by atoms with Gasteiger partial charge in [-0.05, 0) is 31.0 Å². The first kappa shape index (κ1) is 14.4. The van der Waals surface area contributed by atoms with E-state index in [2.05, 4.69) is 24.3 Å². The summed E-state index contributed by atoms with van der Waals surface area (Å²) < 4.78 is 1.80. The zero-order valence-electron chi connectivity index (χ0n) is 12.0. The van der Waals surface area contributed by atoms with Crippen LogP contribution in [0.2, 0.25) is 0 Å². The molecule has 0 aliphatic carbocycles. The van der Waals surface area contributed by atoms with E-state index in [1.54, 1.807) is 23.0 Å². The molecule has 0 spiro atoms. The van der Waals surface area contributed by atoms with Gasteiger partial charge in [-0.15, -0.1) is 0 Å². The van der Waals surface area contributed by atoms with Crippen molar-refractivity contribution in [2.45, 2.75) is 26.2 Å². The molecule has 0 aliphatic rings. The van der Waals surface area contributed by atoms with Gasteiger partial charge in [0.2, 0.25) is 0 Å². The maximum atomic E-state index is 10.00. The number of rotatable bonds is 6. The Balaban J connectivity index is 2.37. The topological polar surface area (TPSA) is 76.1 Å². The van der Waals surface area contributed by atoms with Gasteiger partial charge in [-0.2, -0.15) is 5.10 Å². The second kappa shape index (κ2) is 6.43. The molecule has 0 unspecified atom stereocenters. The average Bonchev–Trinajstić information content (AvgIpc) is 2.83. The van der Waals surface area contributed by atoms with Crippen LogP contribution in [0.5, 0.6) is 5.75 Å². The second-order valence-corrected chi connectivity index (χ2v) is 5.07. The fourth-order valence-electron chi connectivity index (χ4n) is 2.21. The third kappa shape index (κ3) is 2.93. The van der Waals surface area contributed by atoms with E-state index >= 15 is 0 Å². The highest BCUT2D eigenvalue weighted by atomic mass is 16.3. The number of para-hydroxylation sites is 2. The standard InChI is InChI=1S/C15H22N4O/c1-11(2)15-12(17-9-5-8-16)10-18-19(15)13-6-3-4-7-14(13)20/h3-4,6-7,10-11,17,20H,5,8-9,16H2,1-2H3. The first-order chi connectivity index (χ1) is 9.65. The number of hydrogen-bond acceptors (Lipinski definition) is 4. The summed E-state index contributed by atoms with van der Waals surface area (Å²) in [7, 11) is 0. The summed E-state index contributed by atoms with van der Waals surface area (Å²) in [6.45, 7) is 5.71.